The Balaban J connectivity index is 1.63. The second-order valence-electron chi connectivity index (χ2n) is 5.37. The Bertz CT molecular complexity index is 902. The number of hydrogen-bond acceptors (Lipinski definition) is 4. The van der Waals surface area contributed by atoms with Crippen molar-refractivity contribution < 1.29 is 13.9 Å². The molecule has 7 heteroatoms. The van der Waals surface area contributed by atoms with Gasteiger partial charge in [-0.05, 0) is 55.0 Å². The normalized spacial score (nSPS) is 10.8. The molecule has 6 nitrogen and oxygen atoms in total. The van der Waals surface area contributed by atoms with E-state index in [4.69, 9.17) is 4.74 Å². The maximum atomic E-state index is 12.8. The number of nitrogens with zero attached hydrogens (tertiary/aromatic N) is 2. The Morgan fingerprint density at radius 1 is 1.23 bits per heavy atom. The van der Waals surface area contributed by atoms with Gasteiger partial charge >= 0.3 is 0 Å². The van der Waals surface area contributed by atoms with E-state index in [1.807, 2.05) is 31.2 Å². The minimum atomic E-state index is -0.423. The number of hydrazone groups is 1. The zero-order chi connectivity index (χ0) is 18.4. The van der Waals surface area contributed by atoms with Gasteiger partial charge in [-0.15, -0.1) is 0 Å². The molecule has 0 bridgehead atoms. The molecule has 1 heterocycles. The van der Waals surface area contributed by atoms with Crippen LogP contribution in [0, 0.1) is 5.82 Å². The molecule has 3 aromatic rings. The Hall–Kier alpha value is -3.48. The van der Waals surface area contributed by atoms with Crippen LogP contribution in [-0.4, -0.2) is 28.9 Å². The Morgan fingerprint density at radius 3 is 2.65 bits per heavy atom. The lowest BCUT2D eigenvalue weighted by atomic mass is 10.1. The molecule has 0 aliphatic carbocycles. The molecule has 0 atom stereocenters. The van der Waals surface area contributed by atoms with Crippen molar-refractivity contribution in [2.45, 2.75) is 6.92 Å². The van der Waals surface area contributed by atoms with Crippen molar-refractivity contribution in [2.75, 3.05) is 6.61 Å². The van der Waals surface area contributed by atoms with Gasteiger partial charge in [0.2, 0.25) is 0 Å². The van der Waals surface area contributed by atoms with Crippen molar-refractivity contribution in [1.29, 1.82) is 0 Å². The maximum Gasteiger partial charge on any atom is 0.289 e. The van der Waals surface area contributed by atoms with Crippen molar-refractivity contribution in [3.8, 4) is 17.0 Å². The number of carbonyl (C=O) groups excluding carboxylic acids is 1. The van der Waals surface area contributed by atoms with Crippen LogP contribution in [-0.2, 0) is 0 Å². The van der Waals surface area contributed by atoms with Crippen LogP contribution < -0.4 is 10.2 Å². The predicted octanol–water partition coefficient (Wildman–Crippen LogP) is 3.38. The molecule has 3 rings (SSSR count). The first-order valence-electron chi connectivity index (χ1n) is 8.03. The van der Waals surface area contributed by atoms with E-state index in [0.29, 0.717) is 17.9 Å². The Labute approximate surface area is 149 Å². The molecule has 0 radical (unpaired) electrons. The fraction of sp³-hybridized carbons (Fsp3) is 0.105. The molecule has 0 saturated heterocycles. The zero-order valence-electron chi connectivity index (χ0n) is 14.1. The number of amides is 1. The third-order valence-electron chi connectivity index (χ3n) is 3.53. The lowest BCUT2D eigenvalue weighted by Gasteiger charge is -2.02. The topological polar surface area (TPSA) is 79.4 Å². The van der Waals surface area contributed by atoms with Crippen LogP contribution in [0.5, 0.6) is 5.75 Å². The highest BCUT2D eigenvalue weighted by atomic mass is 19.1. The number of carbonyl (C=O) groups is 1. The van der Waals surface area contributed by atoms with Gasteiger partial charge in [-0.1, -0.05) is 12.1 Å². The zero-order valence-corrected chi connectivity index (χ0v) is 14.1. The van der Waals surface area contributed by atoms with E-state index < -0.39 is 5.91 Å². The van der Waals surface area contributed by atoms with Gasteiger partial charge in [-0.2, -0.15) is 10.2 Å². The molecule has 132 valence electrons. The number of aromatic nitrogens is 2. The van der Waals surface area contributed by atoms with Crippen LogP contribution in [0.1, 0.15) is 23.0 Å². The number of nitrogens with one attached hydrogen (secondary N) is 2. The highest BCUT2D eigenvalue weighted by Gasteiger charge is 2.10. The van der Waals surface area contributed by atoms with Gasteiger partial charge in [0.1, 0.15) is 17.3 Å². The standard InChI is InChI=1S/C19H17FN4O2/c1-2-26-16-9-5-14(6-10-16)17-11-18(23-22-17)19(25)24-21-12-13-3-7-15(20)8-4-13/h3-12H,2H2,1H3,(H,22,23)(H,24,25). The number of benzene rings is 2. The largest absolute Gasteiger partial charge is 0.494 e. The van der Waals surface area contributed by atoms with Crippen LogP contribution in [0.4, 0.5) is 4.39 Å². The molecule has 2 N–H and O–H groups in total. The highest BCUT2D eigenvalue weighted by Crippen LogP contribution is 2.21. The number of ether oxygens (including phenoxy) is 1. The number of H-pyrrole nitrogens is 1. The monoisotopic (exact) mass is 352 g/mol. The van der Waals surface area contributed by atoms with Crippen LogP contribution >= 0.6 is 0 Å². The van der Waals surface area contributed by atoms with Crippen molar-refractivity contribution in [1.82, 2.24) is 15.6 Å². The summed E-state index contributed by atoms with van der Waals surface area (Å²) in [6.45, 7) is 2.52. The van der Waals surface area contributed by atoms with Gasteiger partial charge in [0.05, 0.1) is 18.5 Å². The fourth-order valence-electron chi connectivity index (χ4n) is 2.25. The van der Waals surface area contributed by atoms with E-state index in [0.717, 1.165) is 11.3 Å². The number of halogens is 1. The third kappa shape index (κ3) is 4.32. The molecule has 0 aliphatic rings. The van der Waals surface area contributed by atoms with Crippen molar-refractivity contribution in [2.24, 2.45) is 5.10 Å². The average molecular weight is 352 g/mol. The minimum absolute atomic E-state index is 0.283. The molecular weight excluding hydrogens is 335 g/mol. The van der Waals surface area contributed by atoms with E-state index >= 15 is 0 Å². The van der Waals surface area contributed by atoms with Crippen LogP contribution in [0.2, 0.25) is 0 Å². The quantitative estimate of drug-likeness (QED) is 0.527. The van der Waals surface area contributed by atoms with E-state index in [1.54, 1.807) is 18.2 Å². The van der Waals surface area contributed by atoms with Gasteiger partial charge in [-0.3, -0.25) is 9.89 Å². The molecule has 0 spiro atoms. The summed E-state index contributed by atoms with van der Waals surface area (Å²) in [5.41, 5.74) is 4.85. The summed E-state index contributed by atoms with van der Waals surface area (Å²) < 4.78 is 18.2. The van der Waals surface area contributed by atoms with Crippen molar-refractivity contribution >= 4 is 12.1 Å². The van der Waals surface area contributed by atoms with Crippen LogP contribution in [0.3, 0.4) is 0 Å². The van der Waals surface area contributed by atoms with Gasteiger partial charge < -0.3 is 4.74 Å². The SMILES string of the molecule is CCOc1ccc(-c2cc(C(=O)NN=Cc3ccc(F)cc3)[nH]n2)cc1. The van der Waals surface area contributed by atoms with E-state index in [2.05, 4.69) is 20.7 Å². The van der Waals surface area contributed by atoms with Crippen molar-refractivity contribution in [3.63, 3.8) is 0 Å². The summed E-state index contributed by atoms with van der Waals surface area (Å²) in [5.74, 6) is 0.0263. The minimum Gasteiger partial charge on any atom is -0.494 e. The maximum absolute atomic E-state index is 12.8. The summed E-state index contributed by atoms with van der Waals surface area (Å²) in [5, 5.41) is 10.7. The molecule has 26 heavy (non-hydrogen) atoms. The Morgan fingerprint density at radius 2 is 1.96 bits per heavy atom. The fourth-order valence-corrected chi connectivity index (χ4v) is 2.25. The second kappa shape index (κ2) is 8.06. The number of rotatable bonds is 6. The number of aromatic amines is 1. The Kier molecular flexibility index (Phi) is 5.38. The second-order valence-corrected chi connectivity index (χ2v) is 5.37. The van der Waals surface area contributed by atoms with Crippen LogP contribution in [0.25, 0.3) is 11.3 Å². The number of hydrogen-bond donors (Lipinski definition) is 2. The summed E-state index contributed by atoms with van der Waals surface area (Å²) in [6, 6.07) is 14.8. The summed E-state index contributed by atoms with van der Waals surface area (Å²) in [4.78, 5) is 12.1. The molecule has 2 aromatic carbocycles. The molecular formula is C19H17FN4O2. The first-order valence-corrected chi connectivity index (χ1v) is 8.03. The molecule has 0 unspecified atom stereocenters. The third-order valence-corrected chi connectivity index (χ3v) is 3.53. The molecule has 1 amide bonds. The lowest BCUT2D eigenvalue weighted by Crippen LogP contribution is -2.17. The first-order chi connectivity index (χ1) is 12.7. The van der Waals surface area contributed by atoms with Gasteiger partial charge in [0.25, 0.3) is 5.91 Å². The first kappa shape index (κ1) is 17.3. The van der Waals surface area contributed by atoms with E-state index in [9.17, 15) is 9.18 Å². The summed E-state index contributed by atoms with van der Waals surface area (Å²) >= 11 is 0. The average Bonchev–Trinajstić information content (AvgIpc) is 3.14. The lowest BCUT2D eigenvalue weighted by molar-refractivity contribution is 0.0950. The van der Waals surface area contributed by atoms with Gasteiger partial charge in [0.15, 0.2) is 0 Å². The van der Waals surface area contributed by atoms with Gasteiger partial charge in [-0.25, -0.2) is 9.82 Å². The molecule has 0 aliphatic heterocycles. The van der Waals surface area contributed by atoms with E-state index in [-0.39, 0.29) is 11.5 Å². The smallest absolute Gasteiger partial charge is 0.289 e. The summed E-state index contributed by atoms with van der Waals surface area (Å²) in [6.07, 6.45) is 1.43. The molecule has 0 fully saturated rings. The molecule has 1 aromatic heterocycles. The van der Waals surface area contributed by atoms with Crippen LogP contribution in [0.15, 0.2) is 59.7 Å². The molecule has 0 saturated carbocycles. The van der Waals surface area contributed by atoms with E-state index in [1.165, 1.54) is 18.3 Å². The highest BCUT2D eigenvalue weighted by molar-refractivity contribution is 5.94. The summed E-state index contributed by atoms with van der Waals surface area (Å²) in [7, 11) is 0. The van der Waals surface area contributed by atoms with Gasteiger partial charge in [0, 0.05) is 5.56 Å². The van der Waals surface area contributed by atoms with Crippen molar-refractivity contribution in [3.05, 3.63) is 71.7 Å². The predicted molar refractivity (Wildman–Crippen MR) is 96.7 cm³/mol.